The summed E-state index contributed by atoms with van der Waals surface area (Å²) in [7, 11) is 0. The molecule has 3 heteroatoms. The first kappa shape index (κ1) is 13.0. The first-order valence-corrected chi connectivity index (χ1v) is 7.75. The van der Waals surface area contributed by atoms with Crippen LogP contribution < -0.4 is 5.32 Å². The minimum Gasteiger partial charge on any atom is -0.306 e. The maximum Gasteiger partial charge on any atom is 0.0898 e. The molecule has 96 valence electrons. The van der Waals surface area contributed by atoms with Crippen molar-refractivity contribution in [3.05, 3.63) is 16.1 Å². The van der Waals surface area contributed by atoms with Crippen LogP contribution >= 0.6 is 11.3 Å². The van der Waals surface area contributed by atoms with Crippen LogP contribution in [0.2, 0.25) is 0 Å². The summed E-state index contributed by atoms with van der Waals surface area (Å²) in [6, 6.07) is 1.11. The number of nitrogens with one attached hydrogen (secondary N) is 1. The molecule has 0 amide bonds. The molecule has 0 aromatic carbocycles. The zero-order valence-electron chi connectivity index (χ0n) is 11.2. The third kappa shape index (κ3) is 3.52. The summed E-state index contributed by atoms with van der Waals surface area (Å²) >= 11 is 1.75. The molecule has 1 heterocycles. The summed E-state index contributed by atoms with van der Waals surface area (Å²) < 4.78 is 0. The third-order valence-corrected chi connectivity index (χ3v) is 4.78. The zero-order valence-corrected chi connectivity index (χ0v) is 12.0. The van der Waals surface area contributed by atoms with E-state index in [-0.39, 0.29) is 0 Å². The maximum atomic E-state index is 4.56. The minimum atomic E-state index is 0.406. The van der Waals surface area contributed by atoms with E-state index in [9.17, 15) is 0 Å². The maximum absolute atomic E-state index is 4.56. The molecule has 1 unspecified atom stereocenters. The molecule has 17 heavy (non-hydrogen) atoms. The molecule has 1 aliphatic rings. The molecular weight excluding hydrogens is 228 g/mol. The predicted molar refractivity (Wildman–Crippen MR) is 74.4 cm³/mol. The van der Waals surface area contributed by atoms with Crippen molar-refractivity contribution in [1.29, 1.82) is 0 Å². The Balaban J connectivity index is 1.81. The highest BCUT2D eigenvalue weighted by Crippen LogP contribution is 2.28. The molecule has 1 saturated carbocycles. The molecule has 0 bridgehead atoms. The van der Waals surface area contributed by atoms with Gasteiger partial charge in [-0.25, -0.2) is 4.98 Å². The lowest BCUT2D eigenvalue weighted by atomic mass is 9.84. The van der Waals surface area contributed by atoms with E-state index in [4.69, 9.17) is 0 Å². The second-order valence-corrected chi connectivity index (χ2v) is 6.37. The molecule has 1 aromatic rings. The Morgan fingerprint density at radius 3 is 2.65 bits per heavy atom. The highest BCUT2D eigenvalue weighted by atomic mass is 32.1. The number of aromatic nitrogens is 1. The molecule has 0 saturated heterocycles. The van der Waals surface area contributed by atoms with Crippen LogP contribution in [0.4, 0.5) is 0 Å². The van der Waals surface area contributed by atoms with Gasteiger partial charge in [0, 0.05) is 17.5 Å². The predicted octanol–water partition coefficient (Wildman–Crippen LogP) is 4.07. The second kappa shape index (κ2) is 5.96. The van der Waals surface area contributed by atoms with Crippen molar-refractivity contribution in [3.8, 4) is 0 Å². The van der Waals surface area contributed by atoms with Crippen molar-refractivity contribution in [2.75, 3.05) is 0 Å². The average Bonchev–Trinajstić information content (AvgIpc) is 2.77. The normalized spacial score (nSPS) is 27.0. The van der Waals surface area contributed by atoms with Crippen molar-refractivity contribution in [2.45, 2.75) is 65.0 Å². The Bertz CT molecular complexity index is 340. The van der Waals surface area contributed by atoms with E-state index in [1.54, 1.807) is 11.3 Å². The lowest BCUT2D eigenvalue weighted by Gasteiger charge is -2.30. The monoisotopic (exact) mass is 252 g/mol. The third-order valence-electron chi connectivity index (χ3n) is 3.99. The smallest absolute Gasteiger partial charge is 0.0898 e. The van der Waals surface area contributed by atoms with E-state index in [1.807, 2.05) is 0 Å². The average molecular weight is 252 g/mol. The molecule has 0 radical (unpaired) electrons. The van der Waals surface area contributed by atoms with Gasteiger partial charge in [-0.05, 0) is 45.4 Å². The standard InChI is InChI=1S/C14H24N2S/c1-4-12-5-7-13(8-6-12)15-10(2)14-9-17-11(3)16-14/h9-10,12-13,15H,4-8H2,1-3H3. The van der Waals surface area contributed by atoms with Gasteiger partial charge in [-0.1, -0.05) is 13.3 Å². The molecule has 0 spiro atoms. The zero-order chi connectivity index (χ0) is 12.3. The number of thiazole rings is 1. The molecule has 1 atom stereocenters. The highest BCUT2D eigenvalue weighted by molar-refractivity contribution is 7.09. The van der Waals surface area contributed by atoms with Crippen molar-refractivity contribution < 1.29 is 0 Å². The molecule has 0 aliphatic heterocycles. The number of hydrogen-bond acceptors (Lipinski definition) is 3. The summed E-state index contributed by atoms with van der Waals surface area (Å²) in [4.78, 5) is 4.56. The van der Waals surface area contributed by atoms with Crippen LogP contribution in [-0.2, 0) is 0 Å². The SMILES string of the molecule is CCC1CCC(NC(C)c2csc(C)n2)CC1. The van der Waals surface area contributed by atoms with Crippen LogP contribution in [-0.4, -0.2) is 11.0 Å². The first-order valence-electron chi connectivity index (χ1n) is 6.87. The van der Waals surface area contributed by atoms with Crippen LogP contribution in [0.5, 0.6) is 0 Å². The summed E-state index contributed by atoms with van der Waals surface area (Å²) in [6.45, 7) is 6.63. The molecule has 1 aliphatic carbocycles. The number of nitrogens with zero attached hydrogens (tertiary/aromatic N) is 1. The fourth-order valence-electron chi connectivity index (χ4n) is 2.76. The molecule has 2 rings (SSSR count). The second-order valence-electron chi connectivity index (χ2n) is 5.31. The summed E-state index contributed by atoms with van der Waals surface area (Å²) in [5.41, 5.74) is 1.21. The van der Waals surface area contributed by atoms with E-state index >= 15 is 0 Å². The summed E-state index contributed by atoms with van der Waals surface area (Å²) in [5, 5.41) is 7.09. The van der Waals surface area contributed by atoms with Gasteiger partial charge in [0.2, 0.25) is 0 Å². The Kier molecular flexibility index (Phi) is 4.57. The van der Waals surface area contributed by atoms with Crippen LogP contribution in [0.15, 0.2) is 5.38 Å². The van der Waals surface area contributed by atoms with Gasteiger partial charge in [0.25, 0.3) is 0 Å². The van der Waals surface area contributed by atoms with E-state index in [1.165, 1.54) is 42.8 Å². The van der Waals surface area contributed by atoms with Gasteiger partial charge in [0.1, 0.15) is 0 Å². The van der Waals surface area contributed by atoms with Crippen LogP contribution in [0, 0.1) is 12.8 Å². The molecular formula is C14H24N2S. The quantitative estimate of drug-likeness (QED) is 0.873. The fourth-order valence-corrected chi connectivity index (χ4v) is 3.46. The molecule has 2 nitrogen and oxygen atoms in total. The minimum absolute atomic E-state index is 0.406. The van der Waals surface area contributed by atoms with E-state index in [0.29, 0.717) is 12.1 Å². The first-order chi connectivity index (χ1) is 8.19. The van der Waals surface area contributed by atoms with Crippen molar-refractivity contribution in [3.63, 3.8) is 0 Å². The van der Waals surface area contributed by atoms with Crippen LogP contribution in [0.3, 0.4) is 0 Å². The van der Waals surface area contributed by atoms with E-state index in [0.717, 1.165) is 5.92 Å². The molecule has 1 N–H and O–H groups in total. The summed E-state index contributed by atoms with van der Waals surface area (Å²) in [6.07, 6.45) is 6.83. The van der Waals surface area contributed by atoms with Crippen molar-refractivity contribution in [1.82, 2.24) is 10.3 Å². The lowest BCUT2D eigenvalue weighted by Crippen LogP contribution is -2.35. The summed E-state index contributed by atoms with van der Waals surface area (Å²) in [5.74, 6) is 0.977. The van der Waals surface area contributed by atoms with Gasteiger partial charge >= 0.3 is 0 Å². The van der Waals surface area contributed by atoms with Gasteiger partial charge in [0.05, 0.1) is 10.7 Å². The van der Waals surface area contributed by atoms with Gasteiger partial charge < -0.3 is 5.32 Å². The Hall–Kier alpha value is -0.410. The van der Waals surface area contributed by atoms with Crippen LogP contribution in [0.25, 0.3) is 0 Å². The molecule has 1 aromatic heterocycles. The van der Waals surface area contributed by atoms with E-state index < -0.39 is 0 Å². The largest absolute Gasteiger partial charge is 0.306 e. The van der Waals surface area contributed by atoms with E-state index in [2.05, 4.69) is 36.5 Å². The Morgan fingerprint density at radius 2 is 2.12 bits per heavy atom. The van der Waals surface area contributed by atoms with Gasteiger partial charge in [-0.3, -0.25) is 0 Å². The molecule has 1 fully saturated rings. The Labute approximate surface area is 109 Å². The topological polar surface area (TPSA) is 24.9 Å². The van der Waals surface area contributed by atoms with Gasteiger partial charge in [0.15, 0.2) is 0 Å². The van der Waals surface area contributed by atoms with Crippen molar-refractivity contribution >= 4 is 11.3 Å². The van der Waals surface area contributed by atoms with Gasteiger partial charge in [-0.2, -0.15) is 0 Å². The fraction of sp³-hybridized carbons (Fsp3) is 0.786. The number of hydrogen-bond donors (Lipinski definition) is 1. The van der Waals surface area contributed by atoms with Gasteiger partial charge in [-0.15, -0.1) is 11.3 Å². The Morgan fingerprint density at radius 1 is 1.41 bits per heavy atom. The lowest BCUT2D eigenvalue weighted by molar-refractivity contribution is 0.272. The number of rotatable bonds is 4. The van der Waals surface area contributed by atoms with Crippen LogP contribution in [0.1, 0.15) is 62.7 Å². The highest BCUT2D eigenvalue weighted by Gasteiger charge is 2.21. The number of aryl methyl sites for hydroxylation is 1. The van der Waals surface area contributed by atoms with Crippen molar-refractivity contribution in [2.24, 2.45) is 5.92 Å².